The highest BCUT2D eigenvalue weighted by Gasteiger charge is 2.15. The van der Waals surface area contributed by atoms with Gasteiger partial charge in [0.2, 0.25) is 15.9 Å². The van der Waals surface area contributed by atoms with E-state index in [0.29, 0.717) is 24.7 Å². The molecule has 128 valence electrons. The van der Waals surface area contributed by atoms with E-state index >= 15 is 0 Å². The lowest BCUT2D eigenvalue weighted by molar-refractivity contribution is 0.1000. The van der Waals surface area contributed by atoms with E-state index in [1.165, 1.54) is 62.8 Å². The first-order valence-corrected chi connectivity index (χ1v) is 9.60. The van der Waals surface area contributed by atoms with Crippen molar-refractivity contribution in [3.8, 4) is 0 Å². The molecule has 0 atom stereocenters. The number of nitrogens with two attached hydrogens (primary N) is 1. The Labute approximate surface area is 137 Å². The maximum atomic E-state index is 12.2. The average molecular weight is 339 g/mol. The molecule has 7 heteroatoms. The van der Waals surface area contributed by atoms with Gasteiger partial charge in [0, 0.05) is 24.7 Å². The monoisotopic (exact) mass is 339 g/mol. The predicted molar refractivity (Wildman–Crippen MR) is 89.6 cm³/mol. The van der Waals surface area contributed by atoms with Crippen molar-refractivity contribution in [1.29, 1.82) is 0 Å². The van der Waals surface area contributed by atoms with Gasteiger partial charge in [-0.05, 0) is 37.1 Å². The molecule has 0 bridgehead atoms. The number of hydrogen-bond acceptors (Lipinski definition) is 4. The molecule has 0 heterocycles. The molecule has 0 spiro atoms. The van der Waals surface area contributed by atoms with Gasteiger partial charge in [-0.3, -0.25) is 4.79 Å². The Hall–Kier alpha value is -1.44. The standard InChI is InChI=1S/C16H25N3O3S/c17-16(20)13-7-9-15(10-8-13)23(21,22)19-12-11-18-14-5-3-1-2-4-6-14/h7-10,14,18-19H,1-6,11-12H2,(H2,17,20). The Morgan fingerprint density at radius 2 is 1.65 bits per heavy atom. The molecular weight excluding hydrogens is 314 g/mol. The zero-order chi connectivity index (χ0) is 16.7. The highest BCUT2D eigenvalue weighted by molar-refractivity contribution is 7.89. The topological polar surface area (TPSA) is 101 Å². The Morgan fingerprint density at radius 3 is 2.22 bits per heavy atom. The van der Waals surface area contributed by atoms with E-state index in [1.807, 2.05) is 0 Å². The number of sulfonamides is 1. The van der Waals surface area contributed by atoms with E-state index in [9.17, 15) is 13.2 Å². The van der Waals surface area contributed by atoms with Crippen molar-refractivity contribution in [2.75, 3.05) is 13.1 Å². The van der Waals surface area contributed by atoms with Crippen molar-refractivity contribution < 1.29 is 13.2 Å². The first-order chi connectivity index (χ1) is 11.0. The van der Waals surface area contributed by atoms with Crippen LogP contribution in [0.25, 0.3) is 0 Å². The van der Waals surface area contributed by atoms with Gasteiger partial charge < -0.3 is 11.1 Å². The molecule has 0 aliphatic heterocycles. The number of amides is 1. The van der Waals surface area contributed by atoms with Crippen LogP contribution in [0, 0.1) is 0 Å². The van der Waals surface area contributed by atoms with Crippen LogP contribution in [0.2, 0.25) is 0 Å². The Bertz CT molecular complexity index is 606. The summed E-state index contributed by atoms with van der Waals surface area (Å²) in [6, 6.07) is 6.11. The van der Waals surface area contributed by atoms with Crippen molar-refractivity contribution in [1.82, 2.24) is 10.0 Å². The zero-order valence-electron chi connectivity index (χ0n) is 13.3. The lowest BCUT2D eigenvalue weighted by atomic mass is 10.1. The van der Waals surface area contributed by atoms with Gasteiger partial charge in [-0.2, -0.15) is 0 Å². The Kier molecular flexibility index (Phi) is 6.56. The second-order valence-corrected chi connectivity index (χ2v) is 7.70. The molecule has 0 aromatic heterocycles. The van der Waals surface area contributed by atoms with Gasteiger partial charge in [0.15, 0.2) is 0 Å². The molecule has 1 aromatic carbocycles. The molecule has 1 fully saturated rings. The number of carbonyl (C=O) groups excluding carboxylic acids is 1. The molecule has 23 heavy (non-hydrogen) atoms. The van der Waals surface area contributed by atoms with E-state index in [-0.39, 0.29) is 4.90 Å². The molecule has 0 radical (unpaired) electrons. The zero-order valence-corrected chi connectivity index (χ0v) is 14.1. The summed E-state index contributed by atoms with van der Waals surface area (Å²) < 4.78 is 26.9. The molecule has 0 unspecified atom stereocenters. The molecule has 1 aliphatic rings. The van der Waals surface area contributed by atoms with Gasteiger partial charge in [0.05, 0.1) is 4.90 Å². The summed E-state index contributed by atoms with van der Waals surface area (Å²) in [5.74, 6) is -0.575. The van der Waals surface area contributed by atoms with Crippen molar-refractivity contribution in [2.24, 2.45) is 5.73 Å². The highest BCUT2D eigenvalue weighted by Crippen LogP contribution is 2.17. The smallest absolute Gasteiger partial charge is 0.248 e. The van der Waals surface area contributed by atoms with Crippen LogP contribution in [0.5, 0.6) is 0 Å². The lowest BCUT2D eigenvalue weighted by Gasteiger charge is -2.16. The highest BCUT2D eigenvalue weighted by atomic mass is 32.2. The fourth-order valence-corrected chi connectivity index (χ4v) is 3.86. The second kappa shape index (κ2) is 8.42. The molecular formula is C16H25N3O3S. The largest absolute Gasteiger partial charge is 0.366 e. The first-order valence-electron chi connectivity index (χ1n) is 8.12. The van der Waals surface area contributed by atoms with Crippen LogP contribution in [0.1, 0.15) is 48.9 Å². The van der Waals surface area contributed by atoms with Crippen molar-refractivity contribution >= 4 is 15.9 Å². The predicted octanol–water partition coefficient (Wildman–Crippen LogP) is 1.38. The Morgan fingerprint density at radius 1 is 1.04 bits per heavy atom. The van der Waals surface area contributed by atoms with Gasteiger partial charge >= 0.3 is 0 Å². The van der Waals surface area contributed by atoms with E-state index < -0.39 is 15.9 Å². The summed E-state index contributed by atoms with van der Waals surface area (Å²) in [4.78, 5) is 11.1. The number of primary amides is 1. The van der Waals surface area contributed by atoms with Gasteiger partial charge in [-0.1, -0.05) is 25.7 Å². The maximum Gasteiger partial charge on any atom is 0.248 e. The fraction of sp³-hybridized carbons (Fsp3) is 0.562. The summed E-state index contributed by atoms with van der Waals surface area (Å²) in [5, 5.41) is 3.42. The van der Waals surface area contributed by atoms with Crippen LogP contribution in [0.3, 0.4) is 0 Å². The van der Waals surface area contributed by atoms with Crippen molar-refractivity contribution in [2.45, 2.75) is 49.5 Å². The van der Waals surface area contributed by atoms with E-state index in [4.69, 9.17) is 5.73 Å². The van der Waals surface area contributed by atoms with Gasteiger partial charge in [0.25, 0.3) is 0 Å². The lowest BCUT2D eigenvalue weighted by Crippen LogP contribution is -2.36. The molecule has 4 N–H and O–H groups in total. The van der Waals surface area contributed by atoms with Gasteiger partial charge in [0.1, 0.15) is 0 Å². The van der Waals surface area contributed by atoms with Crippen LogP contribution in [-0.2, 0) is 10.0 Å². The van der Waals surface area contributed by atoms with E-state index in [2.05, 4.69) is 10.0 Å². The summed E-state index contributed by atoms with van der Waals surface area (Å²) in [6.07, 6.45) is 7.42. The molecule has 0 saturated heterocycles. The van der Waals surface area contributed by atoms with Crippen LogP contribution in [-0.4, -0.2) is 33.5 Å². The molecule has 1 amide bonds. The minimum atomic E-state index is -3.56. The third-order valence-corrected chi connectivity index (χ3v) is 5.63. The normalized spacial score (nSPS) is 16.9. The van der Waals surface area contributed by atoms with Crippen molar-refractivity contribution in [3.63, 3.8) is 0 Å². The molecule has 6 nitrogen and oxygen atoms in total. The summed E-state index contributed by atoms with van der Waals surface area (Å²) in [5.41, 5.74) is 5.43. The van der Waals surface area contributed by atoms with Gasteiger partial charge in [-0.25, -0.2) is 13.1 Å². The molecule has 1 aliphatic carbocycles. The van der Waals surface area contributed by atoms with Crippen LogP contribution >= 0.6 is 0 Å². The maximum absolute atomic E-state index is 12.2. The van der Waals surface area contributed by atoms with Crippen LogP contribution in [0.15, 0.2) is 29.2 Å². The van der Waals surface area contributed by atoms with Crippen LogP contribution in [0.4, 0.5) is 0 Å². The summed E-state index contributed by atoms with van der Waals surface area (Å²) >= 11 is 0. The number of nitrogens with one attached hydrogen (secondary N) is 2. The second-order valence-electron chi connectivity index (χ2n) is 5.93. The minimum absolute atomic E-state index is 0.136. The quantitative estimate of drug-likeness (QED) is 0.516. The molecule has 2 rings (SSSR count). The summed E-state index contributed by atoms with van der Waals surface area (Å²) in [7, 11) is -3.56. The van der Waals surface area contributed by atoms with Crippen LogP contribution < -0.4 is 15.8 Å². The SMILES string of the molecule is NC(=O)c1ccc(S(=O)(=O)NCCNC2CCCCCC2)cc1. The van der Waals surface area contributed by atoms with E-state index in [0.717, 1.165) is 0 Å². The van der Waals surface area contributed by atoms with Crippen molar-refractivity contribution in [3.05, 3.63) is 29.8 Å². The third-order valence-electron chi connectivity index (χ3n) is 4.15. The minimum Gasteiger partial charge on any atom is -0.366 e. The Balaban J connectivity index is 1.80. The molecule has 1 aromatic rings. The fourth-order valence-electron chi connectivity index (χ4n) is 2.83. The molecule has 1 saturated carbocycles. The van der Waals surface area contributed by atoms with E-state index in [1.54, 1.807) is 0 Å². The first kappa shape index (κ1) is 17.9. The summed E-state index contributed by atoms with van der Waals surface area (Å²) in [6.45, 7) is 0.958. The third kappa shape index (κ3) is 5.60. The number of benzene rings is 1. The van der Waals surface area contributed by atoms with Gasteiger partial charge in [-0.15, -0.1) is 0 Å². The number of carbonyl (C=O) groups is 1. The number of hydrogen-bond donors (Lipinski definition) is 3. The average Bonchev–Trinajstić information content (AvgIpc) is 2.80. The number of rotatable bonds is 7.